The van der Waals surface area contributed by atoms with Crippen molar-refractivity contribution >= 4 is 15.9 Å². The molecule has 0 atom stereocenters. The van der Waals surface area contributed by atoms with Crippen LogP contribution in [0.3, 0.4) is 0 Å². The van der Waals surface area contributed by atoms with Crippen molar-refractivity contribution in [1.82, 2.24) is 10.5 Å². The summed E-state index contributed by atoms with van der Waals surface area (Å²) in [6.45, 7) is 7.38. The van der Waals surface area contributed by atoms with Crippen LogP contribution in [0.2, 0.25) is 0 Å². The Labute approximate surface area is 127 Å². The highest BCUT2D eigenvalue weighted by molar-refractivity contribution is 9.10. The van der Waals surface area contributed by atoms with Crippen molar-refractivity contribution in [2.24, 2.45) is 0 Å². The maximum Gasteiger partial charge on any atom is 0.134 e. The minimum atomic E-state index is 0.402. The standard InChI is InChI=1S/C15H19BrN2O2/c1-10(2)17-8-12-4-5-15(14(16)7-12)19-9-13-6-11(3)20-18-13/h4-7,10,17H,8-9H2,1-3H3. The zero-order chi connectivity index (χ0) is 14.5. The number of nitrogens with one attached hydrogen (secondary N) is 1. The van der Waals surface area contributed by atoms with Crippen molar-refractivity contribution in [3.05, 3.63) is 45.8 Å². The van der Waals surface area contributed by atoms with Gasteiger partial charge < -0.3 is 14.6 Å². The summed E-state index contributed by atoms with van der Waals surface area (Å²) in [7, 11) is 0. The van der Waals surface area contributed by atoms with Crippen LogP contribution < -0.4 is 10.1 Å². The summed E-state index contributed by atoms with van der Waals surface area (Å²) in [5, 5.41) is 7.29. The molecule has 1 aromatic carbocycles. The number of nitrogens with zero attached hydrogens (tertiary/aromatic N) is 1. The maximum absolute atomic E-state index is 5.73. The van der Waals surface area contributed by atoms with E-state index in [2.05, 4.69) is 52.4 Å². The minimum absolute atomic E-state index is 0.402. The molecule has 0 aliphatic carbocycles. The first-order valence-electron chi connectivity index (χ1n) is 6.61. The quantitative estimate of drug-likeness (QED) is 0.869. The Kier molecular flexibility index (Phi) is 5.20. The van der Waals surface area contributed by atoms with Crippen molar-refractivity contribution in [1.29, 1.82) is 0 Å². The molecule has 0 amide bonds. The third kappa shape index (κ3) is 4.35. The Morgan fingerprint density at radius 1 is 1.35 bits per heavy atom. The molecule has 20 heavy (non-hydrogen) atoms. The van der Waals surface area contributed by atoms with Crippen molar-refractivity contribution < 1.29 is 9.26 Å². The fourth-order valence-electron chi connectivity index (χ4n) is 1.73. The molecule has 0 spiro atoms. The summed E-state index contributed by atoms with van der Waals surface area (Å²) >= 11 is 3.54. The Morgan fingerprint density at radius 2 is 2.15 bits per heavy atom. The molecular formula is C15H19BrN2O2. The highest BCUT2D eigenvalue weighted by Crippen LogP contribution is 2.26. The van der Waals surface area contributed by atoms with Crippen LogP contribution in [0, 0.1) is 6.92 Å². The van der Waals surface area contributed by atoms with E-state index in [1.807, 2.05) is 19.1 Å². The van der Waals surface area contributed by atoms with Crippen LogP contribution in [0.1, 0.15) is 30.9 Å². The molecule has 0 saturated carbocycles. The van der Waals surface area contributed by atoms with Crippen LogP contribution in [-0.4, -0.2) is 11.2 Å². The fraction of sp³-hybridized carbons (Fsp3) is 0.400. The van der Waals surface area contributed by atoms with Gasteiger partial charge in [0.2, 0.25) is 0 Å². The number of benzene rings is 1. The zero-order valence-electron chi connectivity index (χ0n) is 11.9. The number of halogens is 1. The van der Waals surface area contributed by atoms with Gasteiger partial charge in [-0.25, -0.2) is 0 Å². The highest BCUT2D eigenvalue weighted by Gasteiger charge is 2.06. The van der Waals surface area contributed by atoms with Crippen molar-refractivity contribution in [2.75, 3.05) is 0 Å². The lowest BCUT2D eigenvalue weighted by molar-refractivity contribution is 0.286. The van der Waals surface area contributed by atoms with Crippen molar-refractivity contribution in [3.8, 4) is 5.75 Å². The topological polar surface area (TPSA) is 47.3 Å². The van der Waals surface area contributed by atoms with E-state index in [-0.39, 0.29) is 0 Å². The first kappa shape index (κ1) is 15.1. The Morgan fingerprint density at radius 3 is 2.75 bits per heavy atom. The second kappa shape index (κ2) is 6.90. The summed E-state index contributed by atoms with van der Waals surface area (Å²) in [6, 6.07) is 8.44. The van der Waals surface area contributed by atoms with Gasteiger partial charge in [0, 0.05) is 18.7 Å². The minimum Gasteiger partial charge on any atom is -0.486 e. The van der Waals surface area contributed by atoms with Gasteiger partial charge in [-0.15, -0.1) is 0 Å². The lowest BCUT2D eigenvalue weighted by Gasteiger charge is -2.11. The van der Waals surface area contributed by atoms with Gasteiger partial charge in [-0.1, -0.05) is 25.1 Å². The predicted octanol–water partition coefficient (Wildman–Crippen LogP) is 3.82. The number of hydrogen-bond donors (Lipinski definition) is 1. The number of aromatic nitrogens is 1. The first-order chi connectivity index (χ1) is 9.54. The summed E-state index contributed by atoms with van der Waals surface area (Å²) in [4.78, 5) is 0. The first-order valence-corrected chi connectivity index (χ1v) is 7.40. The molecule has 0 saturated heterocycles. The molecule has 1 aromatic heterocycles. The van der Waals surface area contributed by atoms with E-state index in [4.69, 9.17) is 9.26 Å². The molecule has 0 bridgehead atoms. The molecule has 2 rings (SSSR count). The Bertz CT molecular complexity index is 567. The van der Waals surface area contributed by atoms with Gasteiger partial charge in [0.15, 0.2) is 0 Å². The molecule has 4 nitrogen and oxygen atoms in total. The van der Waals surface area contributed by atoms with E-state index >= 15 is 0 Å². The second-order valence-electron chi connectivity index (χ2n) is 5.02. The molecule has 1 N–H and O–H groups in total. The van der Waals surface area contributed by atoms with Crippen molar-refractivity contribution in [3.63, 3.8) is 0 Å². The fourth-order valence-corrected chi connectivity index (χ4v) is 2.27. The Balaban J connectivity index is 1.95. The van der Waals surface area contributed by atoms with Gasteiger partial charge in [0.25, 0.3) is 0 Å². The summed E-state index contributed by atoms with van der Waals surface area (Å²) in [5.74, 6) is 1.59. The number of rotatable bonds is 6. The molecule has 1 heterocycles. The van der Waals surface area contributed by atoms with Crippen LogP contribution in [0.15, 0.2) is 33.3 Å². The molecule has 2 aromatic rings. The molecule has 0 radical (unpaired) electrons. The van der Waals surface area contributed by atoms with Gasteiger partial charge in [-0.2, -0.15) is 0 Å². The van der Waals surface area contributed by atoms with E-state index in [1.165, 1.54) is 5.56 Å². The SMILES string of the molecule is Cc1cc(COc2ccc(CNC(C)C)cc2Br)no1. The van der Waals surface area contributed by atoms with Crippen LogP contribution in [-0.2, 0) is 13.2 Å². The largest absolute Gasteiger partial charge is 0.486 e. The third-order valence-corrected chi connectivity index (χ3v) is 3.38. The molecule has 0 unspecified atom stereocenters. The lowest BCUT2D eigenvalue weighted by atomic mass is 10.2. The number of ether oxygens (including phenoxy) is 1. The summed E-state index contributed by atoms with van der Waals surface area (Å²) in [6.07, 6.45) is 0. The third-order valence-electron chi connectivity index (χ3n) is 2.76. The molecular weight excluding hydrogens is 320 g/mol. The van der Waals surface area contributed by atoms with Crippen LogP contribution in [0.5, 0.6) is 5.75 Å². The van der Waals surface area contributed by atoms with Crippen LogP contribution in [0.4, 0.5) is 0 Å². The van der Waals surface area contributed by atoms with E-state index in [1.54, 1.807) is 0 Å². The van der Waals surface area contributed by atoms with E-state index in [0.29, 0.717) is 12.6 Å². The second-order valence-corrected chi connectivity index (χ2v) is 5.87. The molecule has 0 aliphatic rings. The van der Waals surface area contributed by atoms with Gasteiger partial charge in [0.1, 0.15) is 23.8 Å². The lowest BCUT2D eigenvalue weighted by Crippen LogP contribution is -2.21. The van der Waals surface area contributed by atoms with Crippen molar-refractivity contribution in [2.45, 2.75) is 40.0 Å². The number of hydrogen-bond acceptors (Lipinski definition) is 4. The smallest absolute Gasteiger partial charge is 0.134 e. The van der Waals surface area contributed by atoms with Crippen LogP contribution >= 0.6 is 15.9 Å². The van der Waals surface area contributed by atoms with Gasteiger partial charge in [0.05, 0.1) is 4.47 Å². The number of aryl methyl sites for hydroxylation is 1. The molecule has 0 aliphatic heterocycles. The summed E-state index contributed by atoms with van der Waals surface area (Å²) in [5.41, 5.74) is 2.01. The molecule has 0 fully saturated rings. The summed E-state index contributed by atoms with van der Waals surface area (Å²) < 4.78 is 11.7. The van der Waals surface area contributed by atoms with Crippen LogP contribution in [0.25, 0.3) is 0 Å². The average molecular weight is 339 g/mol. The van der Waals surface area contributed by atoms with E-state index in [9.17, 15) is 0 Å². The molecule has 5 heteroatoms. The molecule has 108 valence electrons. The van der Waals surface area contributed by atoms with E-state index < -0.39 is 0 Å². The van der Waals surface area contributed by atoms with Gasteiger partial charge in [-0.05, 0) is 40.5 Å². The average Bonchev–Trinajstić information content (AvgIpc) is 2.81. The normalized spacial score (nSPS) is 11.1. The van der Waals surface area contributed by atoms with E-state index in [0.717, 1.165) is 28.2 Å². The monoisotopic (exact) mass is 338 g/mol. The zero-order valence-corrected chi connectivity index (χ0v) is 13.5. The van der Waals surface area contributed by atoms with Gasteiger partial charge >= 0.3 is 0 Å². The van der Waals surface area contributed by atoms with Gasteiger partial charge in [-0.3, -0.25) is 0 Å². The maximum atomic E-state index is 5.73. The highest BCUT2D eigenvalue weighted by atomic mass is 79.9. The Hall–Kier alpha value is -1.33. The predicted molar refractivity (Wildman–Crippen MR) is 81.7 cm³/mol.